The highest BCUT2D eigenvalue weighted by Gasteiger charge is 2.21. The molecule has 1 amide bonds. The first-order chi connectivity index (χ1) is 8.60. The summed E-state index contributed by atoms with van der Waals surface area (Å²) in [5.41, 5.74) is 0.348. The van der Waals surface area contributed by atoms with E-state index in [1.807, 2.05) is 6.92 Å². The van der Waals surface area contributed by atoms with Gasteiger partial charge in [0, 0.05) is 23.9 Å². The molecule has 18 heavy (non-hydrogen) atoms. The molecule has 7 heteroatoms. The summed E-state index contributed by atoms with van der Waals surface area (Å²) in [5.74, 6) is -0.335. The Morgan fingerprint density at radius 2 is 2.44 bits per heavy atom. The first kappa shape index (κ1) is 12.8. The average Bonchev–Trinajstić information content (AvgIpc) is 2.92. The lowest BCUT2D eigenvalue weighted by Crippen LogP contribution is -2.31. The lowest BCUT2D eigenvalue weighted by molar-refractivity contribution is -0.119. The molecule has 0 aromatic carbocycles. The second-order valence-electron chi connectivity index (χ2n) is 4.10. The van der Waals surface area contributed by atoms with Crippen molar-refractivity contribution in [2.24, 2.45) is 0 Å². The third-order valence-corrected chi connectivity index (χ3v) is 3.69. The largest absolute Gasteiger partial charge is 0.464 e. The smallest absolute Gasteiger partial charge is 0.357 e. The van der Waals surface area contributed by atoms with Crippen molar-refractivity contribution in [1.82, 2.24) is 10.3 Å². The van der Waals surface area contributed by atoms with Gasteiger partial charge in [-0.2, -0.15) is 0 Å². The number of aryl methyl sites for hydroxylation is 1. The predicted octanol–water partition coefficient (Wildman–Crippen LogP) is 0.929. The number of amides is 1. The molecule has 6 nitrogen and oxygen atoms in total. The number of hydrogen-bond donors (Lipinski definition) is 2. The Labute approximate surface area is 109 Å². The lowest BCUT2D eigenvalue weighted by Gasteiger charge is -2.09. The summed E-state index contributed by atoms with van der Waals surface area (Å²) in [6.07, 6.45) is 1.41. The molecular formula is C11H15N3O3S. The molecular weight excluding hydrogens is 254 g/mol. The van der Waals surface area contributed by atoms with Gasteiger partial charge in [0.05, 0.1) is 7.11 Å². The zero-order chi connectivity index (χ0) is 13.1. The van der Waals surface area contributed by atoms with E-state index in [1.54, 1.807) is 0 Å². The van der Waals surface area contributed by atoms with Gasteiger partial charge in [0.25, 0.3) is 0 Å². The minimum atomic E-state index is -0.425. The molecule has 1 aromatic rings. The Hall–Kier alpha value is -1.63. The van der Waals surface area contributed by atoms with Crippen LogP contribution in [0.3, 0.4) is 0 Å². The van der Waals surface area contributed by atoms with Crippen LogP contribution in [0.5, 0.6) is 0 Å². The minimum Gasteiger partial charge on any atom is -0.464 e. The lowest BCUT2D eigenvalue weighted by atomic mass is 10.2. The summed E-state index contributed by atoms with van der Waals surface area (Å²) < 4.78 is 4.64. The maximum Gasteiger partial charge on any atom is 0.357 e. The number of thiazole rings is 1. The van der Waals surface area contributed by atoms with Crippen LogP contribution in [0.2, 0.25) is 0 Å². The number of aromatic nitrogens is 1. The molecule has 0 bridgehead atoms. The number of hydrogen-bond acceptors (Lipinski definition) is 6. The zero-order valence-corrected chi connectivity index (χ0v) is 11.1. The molecule has 0 radical (unpaired) electrons. The second-order valence-corrected chi connectivity index (χ2v) is 5.30. The number of ether oxygens (including phenoxy) is 1. The van der Waals surface area contributed by atoms with Gasteiger partial charge >= 0.3 is 5.97 Å². The molecule has 1 aliphatic heterocycles. The van der Waals surface area contributed by atoms with Crippen molar-refractivity contribution in [3.63, 3.8) is 0 Å². The normalized spacial score (nSPS) is 18.6. The van der Waals surface area contributed by atoms with Crippen LogP contribution < -0.4 is 10.6 Å². The molecule has 1 saturated heterocycles. The molecule has 1 aromatic heterocycles. The molecule has 1 unspecified atom stereocenters. The highest BCUT2D eigenvalue weighted by atomic mass is 32.1. The highest BCUT2D eigenvalue weighted by molar-refractivity contribution is 7.15. The number of carbonyl (C=O) groups is 2. The van der Waals surface area contributed by atoms with Gasteiger partial charge in [-0.15, -0.1) is 11.3 Å². The summed E-state index contributed by atoms with van der Waals surface area (Å²) in [7, 11) is 1.34. The van der Waals surface area contributed by atoms with Crippen LogP contribution in [0.4, 0.5) is 5.13 Å². The van der Waals surface area contributed by atoms with Crippen molar-refractivity contribution in [2.45, 2.75) is 25.8 Å². The van der Waals surface area contributed by atoms with E-state index in [4.69, 9.17) is 0 Å². The minimum absolute atomic E-state index is 0.0902. The van der Waals surface area contributed by atoms with Crippen molar-refractivity contribution >= 4 is 28.3 Å². The van der Waals surface area contributed by atoms with E-state index in [-0.39, 0.29) is 11.9 Å². The Morgan fingerprint density at radius 1 is 1.67 bits per heavy atom. The van der Waals surface area contributed by atoms with Crippen molar-refractivity contribution in [1.29, 1.82) is 0 Å². The molecule has 98 valence electrons. The Morgan fingerprint density at radius 3 is 3.06 bits per heavy atom. The fourth-order valence-electron chi connectivity index (χ4n) is 1.80. The van der Waals surface area contributed by atoms with E-state index in [0.717, 1.165) is 11.3 Å². The van der Waals surface area contributed by atoms with Gasteiger partial charge in [-0.1, -0.05) is 0 Å². The highest BCUT2D eigenvalue weighted by Crippen LogP contribution is 2.22. The Bertz CT molecular complexity index is 472. The molecule has 0 saturated carbocycles. The SMILES string of the molecule is COC(=O)c1nc(NCC2CCC(=O)N2)sc1C. The van der Waals surface area contributed by atoms with E-state index in [2.05, 4.69) is 20.4 Å². The molecule has 1 fully saturated rings. The average molecular weight is 269 g/mol. The van der Waals surface area contributed by atoms with Crippen molar-refractivity contribution in [2.75, 3.05) is 19.0 Å². The van der Waals surface area contributed by atoms with Crippen molar-refractivity contribution in [3.8, 4) is 0 Å². The van der Waals surface area contributed by atoms with Crippen molar-refractivity contribution < 1.29 is 14.3 Å². The van der Waals surface area contributed by atoms with E-state index >= 15 is 0 Å². The number of carbonyl (C=O) groups excluding carboxylic acids is 2. The molecule has 2 N–H and O–H groups in total. The summed E-state index contributed by atoms with van der Waals surface area (Å²) in [4.78, 5) is 27.4. The van der Waals surface area contributed by atoms with Gasteiger partial charge in [0.15, 0.2) is 10.8 Å². The molecule has 1 aliphatic rings. The van der Waals surface area contributed by atoms with E-state index in [0.29, 0.717) is 23.8 Å². The summed E-state index contributed by atoms with van der Waals surface area (Å²) in [5, 5.41) is 6.67. The Kier molecular flexibility index (Phi) is 3.81. The van der Waals surface area contributed by atoms with E-state index in [9.17, 15) is 9.59 Å². The Balaban J connectivity index is 1.94. The fourth-order valence-corrected chi connectivity index (χ4v) is 2.61. The number of esters is 1. The van der Waals surface area contributed by atoms with E-state index < -0.39 is 5.97 Å². The third kappa shape index (κ3) is 2.79. The zero-order valence-electron chi connectivity index (χ0n) is 10.3. The van der Waals surface area contributed by atoms with Gasteiger partial charge in [-0.05, 0) is 13.3 Å². The maximum absolute atomic E-state index is 11.4. The van der Waals surface area contributed by atoms with Crippen LogP contribution in [-0.4, -0.2) is 36.6 Å². The van der Waals surface area contributed by atoms with Gasteiger partial charge < -0.3 is 15.4 Å². The van der Waals surface area contributed by atoms with Gasteiger partial charge in [0.2, 0.25) is 5.91 Å². The van der Waals surface area contributed by atoms with Crippen molar-refractivity contribution in [3.05, 3.63) is 10.6 Å². The molecule has 2 rings (SSSR count). The number of nitrogens with one attached hydrogen (secondary N) is 2. The third-order valence-electron chi connectivity index (χ3n) is 2.76. The number of methoxy groups -OCH3 is 1. The van der Waals surface area contributed by atoms with Gasteiger partial charge in [0.1, 0.15) is 0 Å². The van der Waals surface area contributed by atoms with Gasteiger partial charge in [-0.25, -0.2) is 9.78 Å². The second kappa shape index (κ2) is 5.34. The van der Waals surface area contributed by atoms with Gasteiger partial charge in [-0.3, -0.25) is 4.79 Å². The quantitative estimate of drug-likeness (QED) is 0.795. The van der Waals surface area contributed by atoms with Crippen LogP contribution in [-0.2, 0) is 9.53 Å². The first-order valence-electron chi connectivity index (χ1n) is 5.69. The summed E-state index contributed by atoms with van der Waals surface area (Å²) >= 11 is 1.41. The van der Waals surface area contributed by atoms with Crippen LogP contribution in [0.1, 0.15) is 28.2 Å². The predicted molar refractivity (Wildman–Crippen MR) is 67.8 cm³/mol. The molecule has 2 heterocycles. The number of rotatable bonds is 4. The van der Waals surface area contributed by atoms with Crippen LogP contribution in [0.15, 0.2) is 0 Å². The fraction of sp³-hybridized carbons (Fsp3) is 0.545. The topological polar surface area (TPSA) is 80.3 Å². The first-order valence-corrected chi connectivity index (χ1v) is 6.50. The van der Waals surface area contributed by atoms with E-state index in [1.165, 1.54) is 18.4 Å². The van der Waals surface area contributed by atoms with Crippen LogP contribution in [0, 0.1) is 6.92 Å². The maximum atomic E-state index is 11.4. The molecule has 1 atom stereocenters. The summed E-state index contributed by atoms with van der Waals surface area (Å²) in [6, 6.07) is 0.142. The monoisotopic (exact) mass is 269 g/mol. The number of nitrogens with zero attached hydrogens (tertiary/aromatic N) is 1. The number of anilines is 1. The summed E-state index contributed by atoms with van der Waals surface area (Å²) in [6.45, 7) is 2.45. The van der Waals surface area contributed by atoms with Crippen LogP contribution >= 0.6 is 11.3 Å². The standard InChI is InChI=1S/C11H15N3O3S/c1-6-9(10(16)17-2)14-11(18-6)12-5-7-3-4-8(15)13-7/h7H,3-5H2,1-2H3,(H,12,14)(H,13,15). The molecule has 0 spiro atoms. The molecule has 0 aliphatic carbocycles. The van der Waals surface area contributed by atoms with Crippen LogP contribution in [0.25, 0.3) is 0 Å².